The largest absolute Gasteiger partial charge is 0.350 e. The number of rotatable bonds is 7. The third kappa shape index (κ3) is 7.91. The topological polar surface area (TPSA) is 87.5 Å². The molecule has 4 N–H and O–H groups in total. The fourth-order valence-corrected chi connectivity index (χ4v) is 3.00. The van der Waals surface area contributed by atoms with E-state index < -0.39 is 0 Å². The number of carbonyl (C=O) groups is 2. The van der Waals surface area contributed by atoms with Crippen LogP contribution in [0.5, 0.6) is 0 Å². The average Bonchev–Trinajstić information content (AvgIpc) is 2.60. The molecule has 2 rings (SSSR count). The molecule has 1 heterocycles. The first-order valence-electron chi connectivity index (χ1n) is 8.64. The maximum atomic E-state index is 11.8. The minimum absolute atomic E-state index is 0. The zero-order valence-corrected chi connectivity index (χ0v) is 16.8. The first-order valence-corrected chi connectivity index (χ1v) is 8.64. The van der Waals surface area contributed by atoms with Crippen molar-refractivity contribution in [1.29, 1.82) is 0 Å². The van der Waals surface area contributed by atoms with Gasteiger partial charge in [-0.2, -0.15) is 0 Å². The van der Waals surface area contributed by atoms with Gasteiger partial charge in [-0.05, 0) is 37.4 Å². The van der Waals surface area contributed by atoms with Crippen LogP contribution >= 0.6 is 24.8 Å². The van der Waals surface area contributed by atoms with E-state index in [4.69, 9.17) is 5.73 Å². The Morgan fingerprint density at radius 2 is 1.81 bits per heavy atom. The Balaban J connectivity index is 0.00000312. The lowest BCUT2D eigenvalue weighted by molar-refractivity contribution is -0.125. The second kappa shape index (κ2) is 12.9. The lowest BCUT2D eigenvalue weighted by atomic mass is 10.0. The maximum absolute atomic E-state index is 11.8. The summed E-state index contributed by atoms with van der Waals surface area (Å²) in [6.07, 6.45) is 3.81. The molecule has 1 atom stereocenters. The molecule has 26 heavy (non-hydrogen) atoms. The Morgan fingerprint density at radius 1 is 1.12 bits per heavy atom. The Kier molecular flexibility index (Phi) is 12.3. The molecule has 1 aliphatic heterocycles. The molecular formula is C18H30Cl2N4O2. The Hall–Kier alpha value is -1.34. The van der Waals surface area contributed by atoms with Gasteiger partial charge in [0.15, 0.2) is 0 Å². The van der Waals surface area contributed by atoms with E-state index in [1.54, 1.807) is 0 Å². The van der Waals surface area contributed by atoms with Gasteiger partial charge in [0.2, 0.25) is 11.8 Å². The van der Waals surface area contributed by atoms with Gasteiger partial charge < -0.3 is 16.4 Å². The van der Waals surface area contributed by atoms with Crippen LogP contribution in [0, 0.1) is 0 Å². The predicted molar refractivity (Wildman–Crippen MR) is 109 cm³/mol. The molecule has 0 bridgehead atoms. The molecule has 2 amide bonds. The fraction of sp³-hybridized carbons (Fsp3) is 0.556. The van der Waals surface area contributed by atoms with Crippen molar-refractivity contribution in [3.63, 3.8) is 0 Å². The molecular weight excluding hydrogens is 375 g/mol. The van der Waals surface area contributed by atoms with Crippen molar-refractivity contribution in [3.05, 3.63) is 35.4 Å². The van der Waals surface area contributed by atoms with E-state index in [9.17, 15) is 9.59 Å². The standard InChI is InChI=1S/C18H28N4O2.2ClH/c1-14-6-4-5-9-22(14)13-16-8-3-2-7-15(16)11-20-18(24)12-21-17(23)10-19;;/h2-3,7-8,14H,4-6,9-13,19H2,1H3,(H,20,24)(H,21,23);2*1H. The maximum Gasteiger partial charge on any atom is 0.239 e. The van der Waals surface area contributed by atoms with Gasteiger partial charge in [0.1, 0.15) is 0 Å². The molecule has 1 aromatic rings. The predicted octanol–water partition coefficient (Wildman–Crippen LogP) is 1.60. The molecule has 0 aliphatic carbocycles. The van der Waals surface area contributed by atoms with E-state index in [0.717, 1.165) is 18.7 Å². The highest BCUT2D eigenvalue weighted by Crippen LogP contribution is 2.20. The number of nitrogens with two attached hydrogens (primary N) is 1. The van der Waals surface area contributed by atoms with Crippen LogP contribution in [0.15, 0.2) is 24.3 Å². The number of likely N-dealkylation sites (tertiary alicyclic amines) is 1. The summed E-state index contributed by atoms with van der Waals surface area (Å²) in [5.74, 6) is -0.539. The van der Waals surface area contributed by atoms with Crippen LogP contribution in [0.1, 0.15) is 37.3 Å². The first kappa shape index (κ1) is 24.7. The van der Waals surface area contributed by atoms with Gasteiger partial charge in [0, 0.05) is 19.1 Å². The zero-order chi connectivity index (χ0) is 17.4. The number of hydrogen-bond acceptors (Lipinski definition) is 4. The van der Waals surface area contributed by atoms with E-state index in [0.29, 0.717) is 12.6 Å². The average molecular weight is 405 g/mol. The van der Waals surface area contributed by atoms with Crippen molar-refractivity contribution < 1.29 is 9.59 Å². The molecule has 6 nitrogen and oxygen atoms in total. The van der Waals surface area contributed by atoms with Crippen molar-refractivity contribution in [1.82, 2.24) is 15.5 Å². The fourth-order valence-electron chi connectivity index (χ4n) is 3.00. The number of halogens is 2. The van der Waals surface area contributed by atoms with Crippen LogP contribution in [0.4, 0.5) is 0 Å². The van der Waals surface area contributed by atoms with Crippen molar-refractivity contribution in [3.8, 4) is 0 Å². The second-order valence-corrected chi connectivity index (χ2v) is 6.34. The number of nitrogens with zero attached hydrogens (tertiary/aromatic N) is 1. The molecule has 1 aromatic carbocycles. The number of benzene rings is 1. The number of piperidine rings is 1. The summed E-state index contributed by atoms with van der Waals surface area (Å²) in [5, 5.41) is 5.32. The van der Waals surface area contributed by atoms with Crippen LogP contribution < -0.4 is 16.4 Å². The van der Waals surface area contributed by atoms with Crippen LogP contribution in [0.2, 0.25) is 0 Å². The van der Waals surface area contributed by atoms with E-state index >= 15 is 0 Å². The summed E-state index contributed by atoms with van der Waals surface area (Å²) in [6.45, 7) is 4.65. The van der Waals surface area contributed by atoms with Gasteiger partial charge in [-0.1, -0.05) is 30.7 Å². The molecule has 0 aromatic heterocycles. The molecule has 1 fully saturated rings. The van der Waals surface area contributed by atoms with Crippen molar-refractivity contribution in [2.45, 2.75) is 45.3 Å². The summed E-state index contributed by atoms with van der Waals surface area (Å²) < 4.78 is 0. The third-order valence-electron chi connectivity index (χ3n) is 4.54. The van der Waals surface area contributed by atoms with Crippen LogP contribution in [-0.2, 0) is 22.7 Å². The quantitative estimate of drug-likeness (QED) is 0.643. The first-order chi connectivity index (χ1) is 11.6. The minimum Gasteiger partial charge on any atom is -0.350 e. The molecule has 1 unspecified atom stereocenters. The number of nitrogens with one attached hydrogen (secondary N) is 2. The van der Waals surface area contributed by atoms with Crippen LogP contribution in [0.3, 0.4) is 0 Å². The molecule has 0 spiro atoms. The van der Waals surface area contributed by atoms with Gasteiger partial charge in [-0.15, -0.1) is 24.8 Å². The summed E-state index contributed by atoms with van der Waals surface area (Å²) in [6, 6.07) is 8.80. The SMILES string of the molecule is CC1CCCCN1Cc1ccccc1CNC(=O)CNC(=O)CN.Cl.Cl. The van der Waals surface area contributed by atoms with Crippen LogP contribution in [-0.4, -0.2) is 42.4 Å². The second-order valence-electron chi connectivity index (χ2n) is 6.34. The Labute approximate surface area is 168 Å². The zero-order valence-electron chi connectivity index (χ0n) is 15.2. The highest BCUT2D eigenvalue weighted by molar-refractivity contribution is 5.86. The highest BCUT2D eigenvalue weighted by atomic mass is 35.5. The smallest absolute Gasteiger partial charge is 0.239 e. The van der Waals surface area contributed by atoms with Gasteiger partial charge in [0.05, 0.1) is 13.1 Å². The summed E-state index contributed by atoms with van der Waals surface area (Å²) >= 11 is 0. The number of amides is 2. The summed E-state index contributed by atoms with van der Waals surface area (Å²) in [5.41, 5.74) is 7.56. The summed E-state index contributed by atoms with van der Waals surface area (Å²) in [7, 11) is 0. The Bertz CT molecular complexity index is 572. The van der Waals surface area contributed by atoms with E-state index in [1.807, 2.05) is 18.2 Å². The molecule has 8 heteroatoms. The van der Waals surface area contributed by atoms with Gasteiger partial charge in [-0.25, -0.2) is 0 Å². The third-order valence-corrected chi connectivity index (χ3v) is 4.54. The molecule has 148 valence electrons. The van der Waals surface area contributed by atoms with Gasteiger partial charge >= 0.3 is 0 Å². The van der Waals surface area contributed by atoms with Crippen LogP contribution in [0.25, 0.3) is 0 Å². The van der Waals surface area contributed by atoms with Crippen molar-refractivity contribution in [2.75, 3.05) is 19.6 Å². The molecule has 1 aliphatic rings. The van der Waals surface area contributed by atoms with Gasteiger partial charge in [0.25, 0.3) is 0 Å². The van der Waals surface area contributed by atoms with E-state index in [-0.39, 0.29) is 49.7 Å². The molecule has 0 radical (unpaired) electrons. The lowest BCUT2D eigenvalue weighted by Gasteiger charge is -2.33. The lowest BCUT2D eigenvalue weighted by Crippen LogP contribution is -2.39. The van der Waals surface area contributed by atoms with E-state index in [2.05, 4.69) is 28.5 Å². The molecule has 1 saturated heterocycles. The highest BCUT2D eigenvalue weighted by Gasteiger charge is 2.19. The van der Waals surface area contributed by atoms with Crippen molar-refractivity contribution >= 4 is 36.6 Å². The van der Waals surface area contributed by atoms with Gasteiger partial charge in [-0.3, -0.25) is 14.5 Å². The van der Waals surface area contributed by atoms with Crippen molar-refractivity contribution in [2.24, 2.45) is 5.73 Å². The monoisotopic (exact) mass is 404 g/mol. The molecule has 0 saturated carbocycles. The Morgan fingerprint density at radius 3 is 2.46 bits per heavy atom. The number of hydrogen-bond donors (Lipinski definition) is 3. The van der Waals surface area contributed by atoms with E-state index in [1.165, 1.54) is 24.8 Å². The minimum atomic E-state index is -0.329. The normalized spacial score (nSPS) is 16.8. The summed E-state index contributed by atoms with van der Waals surface area (Å²) in [4.78, 5) is 25.4. The number of carbonyl (C=O) groups excluding carboxylic acids is 2.